The molecule has 1 aliphatic heterocycles. The molecule has 1 saturated carbocycles. The summed E-state index contributed by atoms with van der Waals surface area (Å²) in [5.41, 5.74) is 5.93. The number of likely N-dealkylation sites (tertiary alicyclic amines) is 1. The molecule has 4 heteroatoms. The second-order valence-corrected chi connectivity index (χ2v) is 6.01. The Morgan fingerprint density at radius 1 is 1.39 bits per heavy atom. The van der Waals surface area contributed by atoms with Crippen LogP contribution in [0.3, 0.4) is 0 Å². The molecule has 4 nitrogen and oxygen atoms in total. The van der Waals surface area contributed by atoms with Crippen LogP contribution in [0.15, 0.2) is 0 Å². The van der Waals surface area contributed by atoms with Crippen LogP contribution in [-0.4, -0.2) is 43.0 Å². The molecule has 1 saturated heterocycles. The van der Waals surface area contributed by atoms with E-state index in [1.54, 1.807) is 0 Å². The van der Waals surface area contributed by atoms with Gasteiger partial charge in [0.15, 0.2) is 0 Å². The third kappa shape index (κ3) is 3.23. The van der Waals surface area contributed by atoms with Crippen LogP contribution in [0.5, 0.6) is 0 Å². The van der Waals surface area contributed by atoms with Crippen LogP contribution in [0.25, 0.3) is 0 Å². The predicted octanol–water partition coefficient (Wildman–Crippen LogP) is 1.11. The summed E-state index contributed by atoms with van der Waals surface area (Å²) in [5.74, 6) is 0.218. The van der Waals surface area contributed by atoms with Crippen LogP contribution in [-0.2, 0) is 4.79 Å². The molecular weight excluding hydrogens is 226 g/mol. The van der Waals surface area contributed by atoms with E-state index in [0.29, 0.717) is 19.0 Å². The van der Waals surface area contributed by atoms with Gasteiger partial charge in [0.25, 0.3) is 0 Å². The van der Waals surface area contributed by atoms with E-state index in [2.05, 4.69) is 17.1 Å². The second-order valence-electron chi connectivity index (χ2n) is 6.01. The molecule has 0 atom stereocenters. The van der Waals surface area contributed by atoms with Crippen LogP contribution in [0.4, 0.5) is 0 Å². The highest BCUT2D eigenvalue weighted by atomic mass is 16.1. The summed E-state index contributed by atoms with van der Waals surface area (Å²) in [7, 11) is 0. The van der Waals surface area contributed by atoms with Crippen molar-refractivity contribution in [2.24, 2.45) is 11.1 Å². The van der Waals surface area contributed by atoms with Gasteiger partial charge in [-0.15, -0.1) is 0 Å². The minimum atomic E-state index is 0.133. The molecule has 18 heavy (non-hydrogen) atoms. The number of nitrogens with zero attached hydrogens (tertiary/aromatic N) is 1. The molecule has 3 N–H and O–H groups in total. The van der Waals surface area contributed by atoms with Crippen LogP contribution in [0.1, 0.15) is 45.4 Å². The van der Waals surface area contributed by atoms with Crippen molar-refractivity contribution in [3.8, 4) is 0 Å². The Bertz CT molecular complexity index is 275. The molecule has 1 heterocycles. The molecule has 0 unspecified atom stereocenters. The monoisotopic (exact) mass is 253 g/mol. The quantitative estimate of drug-likeness (QED) is 0.771. The summed E-state index contributed by atoms with van der Waals surface area (Å²) in [6.45, 7) is 6.21. The van der Waals surface area contributed by atoms with Gasteiger partial charge in [0.1, 0.15) is 0 Å². The number of hydrogen-bond donors (Lipinski definition) is 2. The van der Waals surface area contributed by atoms with Crippen molar-refractivity contribution in [1.82, 2.24) is 10.2 Å². The van der Waals surface area contributed by atoms with E-state index in [4.69, 9.17) is 5.73 Å². The van der Waals surface area contributed by atoms with E-state index in [0.717, 1.165) is 45.3 Å². The molecule has 0 spiro atoms. The zero-order valence-electron chi connectivity index (χ0n) is 11.6. The Labute approximate surface area is 110 Å². The molecule has 2 fully saturated rings. The first-order valence-electron chi connectivity index (χ1n) is 7.39. The highest BCUT2D eigenvalue weighted by molar-refractivity contribution is 5.77. The fourth-order valence-corrected chi connectivity index (χ4v) is 3.14. The fraction of sp³-hybridized carbons (Fsp3) is 0.929. The molecule has 0 radical (unpaired) electrons. The van der Waals surface area contributed by atoms with Crippen molar-refractivity contribution in [1.29, 1.82) is 0 Å². The van der Waals surface area contributed by atoms with Gasteiger partial charge in [-0.1, -0.05) is 13.3 Å². The molecule has 1 aliphatic carbocycles. The van der Waals surface area contributed by atoms with Crippen molar-refractivity contribution in [2.75, 3.05) is 26.2 Å². The smallest absolute Gasteiger partial charge is 0.220 e. The number of piperidine rings is 1. The lowest BCUT2D eigenvalue weighted by molar-refractivity contribution is -0.125. The number of nitrogens with two attached hydrogens (primary N) is 1. The Morgan fingerprint density at radius 2 is 2.06 bits per heavy atom. The van der Waals surface area contributed by atoms with E-state index in [1.165, 1.54) is 6.42 Å². The maximum atomic E-state index is 12.0. The first kappa shape index (κ1) is 13.8. The SMILES string of the molecule is CCN1CCC(NC(=O)CC2(CN)CCC2)CC1. The van der Waals surface area contributed by atoms with E-state index < -0.39 is 0 Å². The van der Waals surface area contributed by atoms with E-state index >= 15 is 0 Å². The molecule has 0 aromatic carbocycles. The van der Waals surface area contributed by atoms with Gasteiger partial charge >= 0.3 is 0 Å². The maximum Gasteiger partial charge on any atom is 0.220 e. The highest BCUT2D eigenvalue weighted by Crippen LogP contribution is 2.42. The molecule has 2 rings (SSSR count). The Hall–Kier alpha value is -0.610. The molecule has 0 bridgehead atoms. The third-order valence-corrected chi connectivity index (χ3v) is 4.78. The summed E-state index contributed by atoms with van der Waals surface area (Å²) < 4.78 is 0. The molecule has 1 amide bonds. The summed E-state index contributed by atoms with van der Waals surface area (Å²) in [4.78, 5) is 14.5. The summed E-state index contributed by atoms with van der Waals surface area (Å²) in [6, 6.07) is 0.384. The van der Waals surface area contributed by atoms with Gasteiger partial charge in [-0.3, -0.25) is 4.79 Å². The van der Waals surface area contributed by atoms with Gasteiger partial charge in [-0.05, 0) is 44.2 Å². The van der Waals surface area contributed by atoms with Gasteiger partial charge in [0, 0.05) is 25.6 Å². The maximum absolute atomic E-state index is 12.0. The van der Waals surface area contributed by atoms with Crippen LogP contribution in [0.2, 0.25) is 0 Å². The largest absolute Gasteiger partial charge is 0.353 e. The minimum Gasteiger partial charge on any atom is -0.353 e. The predicted molar refractivity (Wildman–Crippen MR) is 73.2 cm³/mol. The number of hydrogen-bond acceptors (Lipinski definition) is 3. The second kappa shape index (κ2) is 6.02. The molecular formula is C14H27N3O. The normalized spacial score (nSPS) is 24.6. The van der Waals surface area contributed by atoms with Crippen molar-refractivity contribution >= 4 is 5.91 Å². The number of carbonyl (C=O) groups is 1. The first-order chi connectivity index (χ1) is 8.67. The highest BCUT2D eigenvalue weighted by Gasteiger charge is 2.37. The standard InChI is InChI=1S/C14H27N3O/c1-2-17-8-4-12(5-9-17)16-13(18)10-14(11-15)6-3-7-14/h12H,2-11,15H2,1H3,(H,16,18). The molecule has 0 aromatic rings. The van der Waals surface area contributed by atoms with Crippen LogP contribution in [0, 0.1) is 5.41 Å². The Kier molecular flexibility index (Phi) is 4.62. The number of nitrogens with one attached hydrogen (secondary N) is 1. The molecule has 104 valence electrons. The van der Waals surface area contributed by atoms with Crippen LogP contribution >= 0.6 is 0 Å². The lowest BCUT2D eigenvalue weighted by Crippen LogP contribution is -2.47. The lowest BCUT2D eigenvalue weighted by atomic mass is 9.66. The summed E-state index contributed by atoms with van der Waals surface area (Å²) in [5, 5.41) is 3.20. The van der Waals surface area contributed by atoms with Gasteiger partial charge < -0.3 is 16.0 Å². The van der Waals surface area contributed by atoms with Gasteiger partial charge in [0.05, 0.1) is 0 Å². The van der Waals surface area contributed by atoms with E-state index in [-0.39, 0.29) is 11.3 Å². The summed E-state index contributed by atoms with van der Waals surface area (Å²) in [6.07, 6.45) is 6.32. The fourth-order valence-electron chi connectivity index (χ4n) is 3.14. The van der Waals surface area contributed by atoms with Gasteiger partial charge in [-0.2, -0.15) is 0 Å². The van der Waals surface area contributed by atoms with Crippen LogP contribution < -0.4 is 11.1 Å². The minimum absolute atomic E-state index is 0.133. The van der Waals surface area contributed by atoms with Crippen molar-refractivity contribution in [3.63, 3.8) is 0 Å². The molecule has 2 aliphatic rings. The zero-order chi connectivity index (χ0) is 13.0. The van der Waals surface area contributed by atoms with Gasteiger partial charge in [-0.25, -0.2) is 0 Å². The average Bonchev–Trinajstić information content (AvgIpc) is 2.35. The average molecular weight is 253 g/mol. The topological polar surface area (TPSA) is 58.4 Å². The van der Waals surface area contributed by atoms with Crippen molar-refractivity contribution in [3.05, 3.63) is 0 Å². The number of amides is 1. The Morgan fingerprint density at radius 3 is 2.50 bits per heavy atom. The first-order valence-corrected chi connectivity index (χ1v) is 7.39. The van der Waals surface area contributed by atoms with Gasteiger partial charge in [0.2, 0.25) is 5.91 Å². The van der Waals surface area contributed by atoms with E-state index in [9.17, 15) is 4.79 Å². The lowest BCUT2D eigenvalue weighted by Gasteiger charge is -2.41. The van der Waals surface area contributed by atoms with Crippen molar-refractivity contribution in [2.45, 2.75) is 51.5 Å². The molecule has 0 aromatic heterocycles. The summed E-state index contributed by atoms with van der Waals surface area (Å²) >= 11 is 0. The number of carbonyl (C=O) groups excluding carboxylic acids is 1. The third-order valence-electron chi connectivity index (χ3n) is 4.78. The Balaban J connectivity index is 1.71. The zero-order valence-corrected chi connectivity index (χ0v) is 11.6. The van der Waals surface area contributed by atoms with Crippen molar-refractivity contribution < 1.29 is 4.79 Å². The number of rotatable bonds is 5. The van der Waals surface area contributed by atoms with E-state index in [1.807, 2.05) is 0 Å².